The van der Waals surface area contributed by atoms with Crippen LogP contribution in [0, 0.1) is 23.4 Å². The molecule has 1 unspecified atom stereocenters. The van der Waals surface area contributed by atoms with Crippen molar-refractivity contribution in [2.75, 3.05) is 14.2 Å². The Bertz CT molecular complexity index is 1330. The minimum atomic E-state index is -1.10. The van der Waals surface area contributed by atoms with Crippen LogP contribution >= 0.6 is 11.6 Å². The van der Waals surface area contributed by atoms with E-state index < -0.39 is 35.4 Å². The van der Waals surface area contributed by atoms with E-state index in [2.05, 4.69) is 15.3 Å². The lowest BCUT2D eigenvalue weighted by atomic mass is 9.82. The molecule has 36 heavy (non-hydrogen) atoms. The SMILES string of the molecule is COC(=O)C1=CC[C@H](C2=C(C(=O)OC)C(c3ccc(F)cc3Cl)N=C(c3ncc(F)cc3F)N2)CC1. The predicted molar refractivity (Wildman–Crippen MR) is 124 cm³/mol. The number of allylic oxidation sites excluding steroid dienone is 2. The third-order valence-electron chi connectivity index (χ3n) is 6.04. The van der Waals surface area contributed by atoms with E-state index in [1.807, 2.05) is 0 Å². The van der Waals surface area contributed by atoms with Crippen LogP contribution in [0.3, 0.4) is 0 Å². The van der Waals surface area contributed by atoms with Crippen LogP contribution in [0.2, 0.25) is 5.02 Å². The second-order valence-corrected chi connectivity index (χ2v) is 8.57. The normalized spacial score (nSPS) is 19.7. The number of carbonyl (C=O) groups excluding carboxylic acids is 2. The predicted octanol–water partition coefficient (Wildman–Crippen LogP) is 4.57. The van der Waals surface area contributed by atoms with Crippen LogP contribution in [0.25, 0.3) is 0 Å². The number of hydrogen-bond acceptors (Lipinski definition) is 7. The molecule has 1 aliphatic carbocycles. The van der Waals surface area contributed by atoms with Crippen molar-refractivity contribution in [2.24, 2.45) is 10.9 Å². The Hall–Kier alpha value is -3.66. The number of rotatable bonds is 5. The maximum atomic E-state index is 14.7. The summed E-state index contributed by atoms with van der Waals surface area (Å²) in [5.41, 5.74) is 0.963. The van der Waals surface area contributed by atoms with Crippen molar-refractivity contribution in [3.05, 3.63) is 87.1 Å². The van der Waals surface area contributed by atoms with Crippen molar-refractivity contribution in [2.45, 2.75) is 25.3 Å². The Kier molecular flexibility index (Phi) is 7.44. The van der Waals surface area contributed by atoms with Crippen molar-refractivity contribution >= 4 is 29.4 Å². The average Bonchev–Trinajstić information content (AvgIpc) is 2.87. The molecule has 0 amide bonds. The molecule has 2 heterocycles. The summed E-state index contributed by atoms with van der Waals surface area (Å²) in [7, 11) is 2.49. The zero-order valence-electron chi connectivity index (χ0n) is 19.3. The quantitative estimate of drug-likeness (QED) is 0.582. The van der Waals surface area contributed by atoms with Gasteiger partial charge in [-0.15, -0.1) is 0 Å². The molecule has 1 N–H and O–H groups in total. The van der Waals surface area contributed by atoms with Gasteiger partial charge in [-0.2, -0.15) is 0 Å². The van der Waals surface area contributed by atoms with Gasteiger partial charge in [-0.1, -0.05) is 23.7 Å². The highest BCUT2D eigenvalue weighted by molar-refractivity contribution is 6.31. The largest absolute Gasteiger partial charge is 0.466 e. The molecule has 11 heteroatoms. The highest BCUT2D eigenvalue weighted by atomic mass is 35.5. The minimum Gasteiger partial charge on any atom is -0.466 e. The Balaban J connectivity index is 1.88. The number of benzene rings is 1. The van der Waals surface area contributed by atoms with Gasteiger partial charge in [0.1, 0.15) is 23.4 Å². The fourth-order valence-electron chi connectivity index (χ4n) is 4.29. The Morgan fingerprint density at radius 1 is 1.08 bits per heavy atom. The van der Waals surface area contributed by atoms with Crippen molar-refractivity contribution in [3.8, 4) is 0 Å². The number of aliphatic imine (C=N–C) groups is 1. The van der Waals surface area contributed by atoms with E-state index in [1.54, 1.807) is 6.08 Å². The molecule has 1 aromatic carbocycles. The van der Waals surface area contributed by atoms with Gasteiger partial charge in [-0.25, -0.2) is 27.7 Å². The molecule has 0 saturated carbocycles. The molecule has 2 aliphatic rings. The van der Waals surface area contributed by atoms with Crippen molar-refractivity contribution in [1.29, 1.82) is 0 Å². The van der Waals surface area contributed by atoms with Gasteiger partial charge in [0.25, 0.3) is 0 Å². The standard InChI is InChI=1S/C25H21ClF3N3O4/c1-35-24(33)13-5-3-12(4-6-13)20-19(25(34)36-2)21(16-8-7-14(27)9-17(16)26)32-23(31-20)22-18(29)10-15(28)11-30-22/h5,7-12,21H,3-4,6H2,1-2H3,(H,31,32)/t12-,21?/m0/s1. The van der Waals surface area contributed by atoms with Crippen LogP contribution in [-0.4, -0.2) is 37.0 Å². The van der Waals surface area contributed by atoms with Crippen LogP contribution in [0.5, 0.6) is 0 Å². The second kappa shape index (κ2) is 10.5. The molecular formula is C25H21ClF3N3O4. The van der Waals surface area contributed by atoms with E-state index in [0.29, 0.717) is 36.6 Å². The number of nitrogens with zero attached hydrogens (tertiary/aromatic N) is 2. The number of nitrogens with one attached hydrogen (secondary N) is 1. The number of halogens is 4. The Morgan fingerprint density at radius 3 is 2.44 bits per heavy atom. The topological polar surface area (TPSA) is 89.9 Å². The summed E-state index contributed by atoms with van der Waals surface area (Å²) >= 11 is 6.32. The maximum Gasteiger partial charge on any atom is 0.338 e. The smallest absolute Gasteiger partial charge is 0.338 e. The third kappa shape index (κ3) is 4.99. The van der Waals surface area contributed by atoms with Crippen LogP contribution in [0.15, 0.2) is 58.4 Å². The van der Waals surface area contributed by atoms with Gasteiger partial charge >= 0.3 is 11.9 Å². The summed E-state index contributed by atoms with van der Waals surface area (Å²) in [6.45, 7) is 0. The number of methoxy groups -OCH3 is 2. The first-order valence-corrected chi connectivity index (χ1v) is 11.3. The number of ether oxygens (including phenoxy) is 2. The van der Waals surface area contributed by atoms with E-state index in [0.717, 1.165) is 18.3 Å². The lowest BCUT2D eigenvalue weighted by Crippen LogP contribution is -2.38. The number of esters is 2. The van der Waals surface area contributed by atoms with E-state index in [-0.39, 0.29) is 33.6 Å². The maximum absolute atomic E-state index is 14.7. The van der Waals surface area contributed by atoms with Crippen LogP contribution in [-0.2, 0) is 19.1 Å². The summed E-state index contributed by atoms with van der Waals surface area (Å²) in [4.78, 5) is 33.3. The van der Waals surface area contributed by atoms with Gasteiger partial charge in [0.2, 0.25) is 0 Å². The molecule has 0 radical (unpaired) electrons. The fraction of sp³-hybridized carbons (Fsp3) is 0.280. The van der Waals surface area contributed by atoms with E-state index >= 15 is 0 Å². The van der Waals surface area contributed by atoms with Gasteiger partial charge in [-0.05, 0) is 31.4 Å². The Labute approximate surface area is 209 Å². The van der Waals surface area contributed by atoms with Crippen LogP contribution < -0.4 is 5.32 Å². The monoisotopic (exact) mass is 519 g/mol. The number of hydrogen-bond donors (Lipinski definition) is 1. The summed E-state index contributed by atoms with van der Waals surface area (Å²) < 4.78 is 51.8. The summed E-state index contributed by atoms with van der Waals surface area (Å²) in [6, 6.07) is 3.17. The number of amidine groups is 1. The van der Waals surface area contributed by atoms with Crippen molar-refractivity contribution < 1.29 is 32.2 Å². The zero-order chi connectivity index (χ0) is 26.0. The molecule has 7 nitrogen and oxygen atoms in total. The third-order valence-corrected chi connectivity index (χ3v) is 6.36. The number of pyridine rings is 1. The molecule has 188 valence electrons. The first kappa shape index (κ1) is 25.4. The molecule has 0 saturated heterocycles. The van der Waals surface area contributed by atoms with Gasteiger partial charge in [0.05, 0.1) is 26.0 Å². The molecule has 0 fully saturated rings. The first-order chi connectivity index (χ1) is 17.2. The van der Waals surface area contributed by atoms with Crippen LogP contribution in [0.4, 0.5) is 13.2 Å². The number of carbonyl (C=O) groups is 2. The van der Waals surface area contributed by atoms with E-state index in [9.17, 15) is 22.8 Å². The van der Waals surface area contributed by atoms with Crippen molar-refractivity contribution in [1.82, 2.24) is 10.3 Å². The molecule has 4 rings (SSSR count). The molecule has 2 atom stereocenters. The Morgan fingerprint density at radius 2 is 1.83 bits per heavy atom. The van der Waals surface area contributed by atoms with E-state index in [4.69, 9.17) is 21.1 Å². The number of aromatic nitrogens is 1. The summed E-state index contributed by atoms with van der Waals surface area (Å²) in [5, 5.41) is 2.99. The van der Waals surface area contributed by atoms with Gasteiger partial charge in [0, 0.05) is 33.8 Å². The molecule has 0 spiro atoms. The van der Waals surface area contributed by atoms with Crippen molar-refractivity contribution in [3.63, 3.8) is 0 Å². The minimum absolute atomic E-state index is 0.00481. The zero-order valence-corrected chi connectivity index (χ0v) is 20.0. The molecule has 1 aliphatic heterocycles. The van der Waals surface area contributed by atoms with E-state index in [1.165, 1.54) is 20.3 Å². The van der Waals surface area contributed by atoms with Gasteiger partial charge in [-0.3, -0.25) is 4.99 Å². The average molecular weight is 520 g/mol. The van der Waals surface area contributed by atoms with Gasteiger partial charge < -0.3 is 14.8 Å². The van der Waals surface area contributed by atoms with Gasteiger partial charge in [0.15, 0.2) is 11.7 Å². The molecular weight excluding hydrogens is 499 g/mol. The fourth-order valence-corrected chi connectivity index (χ4v) is 4.56. The lowest BCUT2D eigenvalue weighted by molar-refractivity contribution is -0.137. The van der Waals surface area contributed by atoms with Crippen LogP contribution in [0.1, 0.15) is 36.6 Å². The first-order valence-electron chi connectivity index (χ1n) is 10.9. The molecule has 0 bridgehead atoms. The molecule has 2 aromatic rings. The highest BCUT2D eigenvalue weighted by Crippen LogP contribution is 2.40. The second-order valence-electron chi connectivity index (χ2n) is 8.17. The lowest BCUT2D eigenvalue weighted by Gasteiger charge is -2.33. The summed E-state index contributed by atoms with van der Waals surface area (Å²) in [6.07, 6.45) is 3.72. The molecule has 1 aromatic heterocycles. The summed E-state index contributed by atoms with van der Waals surface area (Å²) in [5.74, 6) is -3.99. The highest BCUT2D eigenvalue weighted by Gasteiger charge is 2.37.